The lowest BCUT2D eigenvalue weighted by Gasteiger charge is -2.37. The minimum Gasteiger partial charge on any atom is -0.396 e. The molecular formula is C22H32N6OS. The van der Waals surface area contributed by atoms with Crippen LogP contribution in [0.5, 0.6) is 0 Å². The SMILES string of the molecule is CCc1cc(C2CCN(Cc3cn(Cc4nccn4C)nn3)[C@@H](C)C2)c(CCO)s1. The number of thiophene rings is 1. The molecule has 0 amide bonds. The number of rotatable bonds is 8. The Kier molecular flexibility index (Phi) is 6.65. The van der Waals surface area contributed by atoms with Crippen molar-refractivity contribution in [1.29, 1.82) is 0 Å². The quantitative estimate of drug-likeness (QED) is 0.597. The molecule has 0 aliphatic carbocycles. The normalized spacial score (nSPS) is 20.1. The first-order chi connectivity index (χ1) is 14.6. The van der Waals surface area contributed by atoms with E-state index in [1.54, 1.807) is 0 Å². The molecule has 8 heteroatoms. The molecule has 1 aliphatic rings. The zero-order chi connectivity index (χ0) is 21.1. The molecule has 0 saturated carbocycles. The van der Waals surface area contributed by atoms with Crippen LogP contribution in [0.25, 0.3) is 0 Å². The van der Waals surface area contributed by atoms with Crippen molar-refractivity contribution < 1.29 is 5.11 Å². The summed E-state index contributed by atoms with van der Waals surface area (Å²) < 4.78 is 3.88. The van der Waals surface area contributed by atoms with E-state index in [9.17, 15) is 5.11 Å². The summed E-state index contributed by atoms with van der Waals surface area (Å²) in [5.41, 5.74) is 2.50. The van der Waals surface area contributed by atoms with E-state index >= 15 is 0 Å². The van der Waals surface area contributed by atoms with Crippen molar-refractivity contribution in [2.75, 3.05) is 13.2 Å². The van der Waals surface area contributed by atoms with Crippen molar-refractivity contribution in [2.24, 2.45) is 7.05 Å². The molecule has 1 saturated heterocycles. The molecule has 3 aromatic rings. The van der Waals surface area contributed by atoms with E-state index in [0.29, 0.717) is 18.5 Å². The first-order valence-electron chi connectivity index (χ1n) is 10.9. The highest BCUT2D eigenvalue weighted by Crippen LogP contribution is 2.38. The zero-order valence-electron chi connectivity index (χ0n) is 18.2. The number of aliphatic hydroxyl groups excluding tert-OH is 1. The predicted octanol–water partition coefficient (Wildman–Crippen LogP) is 2.99. The third-order valence-electron chi connectivity index (χ3n) is 6.21. The number of likely N-dealkylation sites (tertiary alicyclic amines) is 1. The van der Waals surface area contributed by atoms with Crippen molar-refractivity contribution in [3.8, 4) is 0 Å². The average molecular weight is 429 g/mol. The molecule has 1 N–H and O–H groups in total. The molecule has 30 heavy (non-hydrogen) atoms. The van der Waals surface area contributed by atoms with Gasteiger partial charge in [-0.25, -0.2) is 9.67 Å². The van der Waals surface area contributed by atoms with Gasteiger partial charge in [-0.3, -0.25) is 4.90 Å². The Bertz CT molecular complexity index is 961. The van der Waals surface area contributed by atoms with E-state index in [-0.39, 0.29) is 6.61 Å². The summed E-state index contributed by atoms with van der Waals surface area (Å²) in [4.78, 5) is 9.70. The van der Waals surface area contributed by atoms with Gasteiger partial charge in [-0.1, -0.05) is 12.1 Å². The lowest BCUT2D eigenvalue weighted by molar-refractivity contribution is 0.137. The first kappa shape index (κ1) is 21.2. The van der Waals surface area contributed by atoms with Gasteiger partial charge in [-0.15, -0.1) is 16.4 Å². The number of aliphatic hydroxyl groups is 1. The van der Waals surface area contributed by atoms with Crippen LogP contribution in [0.3, 0.4) is 0 Å². The number of aromatic nitrogens is 5. The topological polar surface area (TPSA) is 72.0 Å². The van der Waals surface area contributed by atoms with Crippen LogP contribution in [0, 0.1) is 0 Å². The van der Waals surface area contributed by atoms with Crippen LogP contribution < -0.4 is 0 Å². The summed E-state index contributed by atoms with van der Waals surface area (Å²) in [5, 5.41) is 18.1. The molecular weight excluding hydrogens is 396 g/mol. The third-order valence-corrected chi connectivity index (χ3v) is 7.56. The molecule has 0 bridgehead atoms. The number of hydrogen-bond acceptors (Lipinski definition) is 6. The average Bonchev–Trinajstić information content (AvgIpc) is 3.45. The van der Waals surface area contributed by atoms with E-state index in [1.165, 1.54) is 15.3 Å². The van der Waals surface area contributed by atoms with Crippen LogP contribution in [-0.4, -0.2) is 53.7 Å². The van der Waals surface area contributed by atoms with E-state index in [4.69, 9.17) is 0 Å². The largest absolute Gasteiger partial charge is 0.396 e. The van der Waals surface area contributed by atoms with Crippen molar-refractivity contribution in [3.05, 3.63) is 51.5 Å². The predicted molar refractivity (Wildman–Crippen MR) is 119 cm³/mol. The Morgan fingerprint density at radius 2 is 2.17 bits per heavy atom. The molecule has 1 aliphatic heterocycles. The molecule has 4 heterocycles. The third kappa shape index (κ3) is 4.66. The van der Waals surface area contributed by atoms with Gasteiger partial charge in [-0.05, 0) is 50.3 Å². The van der Waals surface area contributed by atoms with Gasteiger partial charge < -0.3 is 9.67 Å². The lowest BCUT2D eigenvalue weighted by atomic mass is 9.85. The molecule has 0 aromatic carbocycles. The first-order valence-corrected chi connectivity index (χ1v) is 11.7. The minimum atomic E-state index is 0.235. The van der Waals surface area contributed by atoms with Crippen molar-refractivity contribution >= 4 is 11.3 Å². The highest BCUT2D eigenvalue weighted by molar-refractivity contribution is 7.12. The Hall–Kier alpha value is -2.03. The second-order valence-electron chi connectivity index (χ2n) is 8.32. The molecule has 0 radical (unpaired) electrons. The minimum absolute atomic E-state index is 0.235. The second kappa shape index (κ2) is 9.41. The van der Waals surface area contributed by atoms with Gasteiger partial charge in [-0.2, -0.15) is 0 Å². The fraction of sp³-hybridized carbons (Fsp3) is 0.591. The van der Waals surface area contributed by atoms with E-state index in [0.717, 1.165) is 50.3 Å². The molecule has 1 fully saturated rings. The zero-order valence-corrected chi connectivity index (χ0v) is 19.0. The Labute approximate surface area is 182 Å². The summed E-state index contributed by atoms with van der Waals surface area (Å²) in [5.74, 6) is 1.56. The van der Waals surface area contributed by atoms with Crippen LogP contribution in [0.15, 0.2) is 24.7 Å². The Morgan fingerprint density at radius 1 is 1.30 bits per heavy atom. The summed E-state index contributed by atoms with van der Waals surface area (Å²) in [6.07, 6.45) is 9.96. The molecule has 3 aromatic heterocycles. The number of hydrogen-bond donors (Lipinski definition) is 1. The van der Waals surface area contributed by atoms with Gasteiger partial charge in [0.1, 0.15) is 12.4 Å². The summed E-state index contributed by atoms with van der Waals surface area (Å²) in [6.45, 7) is 7.31. The summed E-state index contributed by atoms with van der Waals surface area (Å²) >= 11 is 1.89. The van der Waals surface area contributed by atoms with Crippen LogP contribution in [-0.2, 0) is 33.0 Å². The molecule has 0 spiro atoms. The van der Waals surface area contributed by atoms with Crippen molar-refractivity contribution in [2.45, 2.75) is 64.6 Å². The van der Waals surface area contributed by atoms with Crippen molar-refractivity contribution in [3.63, 3.8) is 0 Å². The maximum absolute atomic E-state index is 9.46. The Balaban J connectivity index is 1.37. The number of imidazole rings is 1. The standard InChI is InChI=1S/C22H32N6OS/c1-4-19-12-20(21(30-19)6-10-29)17-5-8-27(16(2)11-17)13-18-14-28(25-24-18)15-22-23-7-9-26(22)3/h7,9,12,14,16-17,29H,4-6,8,10-11,13,15H2,1-3H3/t16-,17?/m0/s1. The van der Waals surface area contributed by atoms with E-state index < -0.39 is 0 Å². The van der Waals surface area contributed by atoms with Gasteiger partial charge >= 0.3 is 0 Å². The van der Waals surface area contributed by atoms with Gasteiger partial charge in [0.15, 0.2) is 0 Å². The fourth-order valence-electron chi connectivity index (χ4n) is 4.45. The van der Waals surface area contributed by atoms with Crippen LogP contribution in [0.2, 0.25) is 0 Å². The van der Waals surface area contributed by atoms with Gasteiger partial charge in [0, 0.05) is 54.8 Å². The fourth-order valence-corrected chi connectivity index (χ4v) is 5.63. The highest BCUT2D eigenvalue weighted by Gasteiger charge is 2.29. The highest BCUT2D eigenvalue weighted by atomic mass is 32.1. The van der Waals surface area contributed by atoms with Gasteiger partial charge in [0.05, 0.1) is 11.9 Å². The molecule has 7 nitrogen and oxygen atoms in total. The van der Waals surface area contributed by atoms with Crippen molar-refractivity contribution in [1.82, 2.24) is 29.4 Å². The van der Waals surface area contributed by atoms with Crippen LogP contribution in [0.4, 0.5) is 0 Å². The monoisotopic (exact) mass is 428 g/mol. The van der Waals surface area contributed by atoms with E-state index in [2.05, 4.69) is 40.1 Å². The molecule has 1 unspecified atom stereocenters. The Morgan fingerprint density at radius 3 is 2.87 bits per heavy atom. The second-order valence-corrected chi connectivity index (χ2v) is 9.54. The summed E-state index contributed by atoms with van der Waals surface area (Å²) in [6, 6.07) is 2.89. The van der Waals surface area contributed by atoms with Gasteiger partial charge in [0.25, 0.3) is 0 Å². The molecule has 162 valence electrons. The number of nitrogens with zero attached hydrogens (tertiary/aromatic N) is 6. The maximum atomic E-state index is 9.46. The molecule has 4 rings (SSSR count). The van der Waals surface area contributed by atoms with Crippen LogP contribution >= 0.6 is 11.3 Å². The molecule has 2 atom stereocenters. The maximum Gasteiger partial charge on any atom is 0.130 e. The number of piperidine rings is 1. The van der Waals surface area contributed by atoms with Crippen LogP contribution in [0.1, 0.15) is 59.4 Å². The van der Waals surface area contributed by atoms with Gasteiger partial charge in [0.2, 0.25) is 0 Å². The summed E-state index contributed by atoms with van der Waals surface area (Å²) in [7, 11) is 1.99. The lowest BCUT2D eigenvalue weighted by Crippen LogP contribution is -2.39. The smallest absolute Gasteiger partial charge is 0.130 e. The number of aryl methyl sites for hydroxylation is 2. The van der Waals surface area contributed by atoms with E-state index in [1.807, 2.05) is 46.2 Å².